The van der Waals surface area contributed by atoms with E-state index in [0.29, 0.717) is 23.9 Å². The topological polar surface area (TPSA) is 158 Å². The predicted molar refractivity (Wildman–Crippen MR) is 208 cm³/mol. The van der Waals surface area contributed by atoms with Crippen molar-refractivity contribution >= 4 is 17.9 Å². The lowest BCUT2D eigenvalue weighted by Gasteiger charge is -2.30. The number of nitrogens with one attached hydrogen (secondary N) is 4. The summed E-state index contributed by atoms with van der Waals surface area (Å²) < 4.78 is 18.9. The molecule has 3 aromatic heterocycles. The van der Waals surface area contributed by atoms with Crippen molar-refractivity contribution in [2.45, 2.75) is 70.5 Å². The van der Waals surface area contributed by atoms with Gasteiger partial charge in [-0.05, 0) is 78.2 Å². The number of halogens is 1. The summed E-state index contributed by atoms with van der Waals surface area (Å²) in [6, 6.07) is 19.1. The Morgan fingerprint density at radius 3 is 2.12 bits per heavy atom. The minimum Gasteiger partial charge on any atom is -0.453 e. The molecule has 3 fully saturated rings. The molecule has 56 heavy (non-hydrogen) atoms. The summed E-state index contributed by atoms with van der Waals surface area (Å²) in [5.74, 6) is 1.20. The largest absolute Gasteiger partial charge is 0.453 e. The number of rotatable bonds is 11. The zero-order valence-corrected chi connectivity index (χ0v) is 31.8. The third-order valence-electron chi connectivity index (χ3n) is 12.0. The molecule has 3 amide bonds. The number of amides is 3. The molecular weight excluding hydrogens is 712 g/mol. The summed E-state index contributed by atoms with van der Waals surface area (Å²) in [5.41, 5.74) is 6.26. The summed E-state index contributed by atoms with van der Waals surface area (Å²) in [6.45, 7) is 4.51. The van der Waals surface area contributed by atoms with Gasteiger partial charge in [0.2, 0.25) is 17.8 Å². The summed E-state index contributed by atoms with van der Waals surface area (Å²) in [5, 5.41) is 5.67. The second kappa shape index (κ2) is 15.7. The number of hydrogen-bond acceptors (Lipinski definition) is 7. The number of likely N-dealkylation sites (tertiary alicyclic amines) is 1. The van der Waals surface area contributed by atoms with Gasteiger partial charge in [-0.15, -0.1) is 0 Å². The zero-order chi connectivity index (χ0) is 38.9. The Morgan fingerprint density at radius 1 is 0.857 bits per heavy atom. The maximum Gasteiger partial charge on any atom is 0.407 e. The lowest BCUT2D eigenvalue weighted by atomic mass is 9.78. The van der Waals surface area contributed by atoms with Crippen LogP contribution in [0.3, 0.4) is 0 Å². The van der Waals surface area contributed by atoms with Crippen molar-refractivity contribution in [3.63, 3.8) is 0 Å². The molecule has 0 spiro atoms. The van der Waals surface area contributed by atoms with Crippen molar-refractivity contribution in [1.29, 1.82) is 0 Å². The number of hydrogen-bond donors (Lipinski definition) is 4. The first-order valence-corrected chi connectivity index (χ1v) is 19.5. The van der Waals surface area contributed by atoms with Crippen LogP contribution in [0.1, 0.15) is 75.1 Å². The van der Waals surface area contributed by atoms with Gasteiger partial charge in [-0.25, -0.2) is 19.7 Å². The van der Waals surface area contributed by atoms with Crippen LogP contribution in [0.4, 0.5) is 9.18 Å². The number of ether oxygens (including phenoxy) is 1. The summed E-state index contributed by atoms with van der Waals surface area (Å²) in [7, 11) is 1.29. The Balaban J connectivity index is 0.918. The van der Waals surface area contributed by atoms with Crippen LogP contribution in [0.2, 0.25) is 0 Å². The molecule has 8 rings (SSSR count). The van der Waals surface area contributed by atoms with Crippen LogP contribution in [-0.2, 0) is 20.9 Å². The van der Waals surface area contributed by atoms with Crippen molar-refractivity contribution in [3.05, 3.63) is 102 Å². The van der Waals surface area contributed by atoms with Crippen LogP contribution in [0.25, 0.3) is 33.6 Å². The van der Waals surface area contributed by atoms with Gasteiger partial charge in [-0.2, -0.15) is 4.39 Å². The fourth-order valence-corrected chi connectivity index (χ4v) is 9.10. The lowest BCUT2D eigenvalue weighted by molar-refractivity contribution is -0.135. The smallest absolute Gasteiger partial charge is 0.407 e. The van der Waals surface area contributed by atoms with E-state index in [-0.39, 0.29) is 42.2 Å². The van der Waals surface area contributed by atoms with E-state index in [2.05, 4.69) is 79.1 Å². The molecule has 290 valence electrons. The predicted octanol–water partition coefficient (Wildman–Crippen LogP) is 7.16. The third-order valence-corrected chi connectivity index (χ3v) is 12.0. The van der Waals surface area contributed by atoms with E-state index in [1.165, 1.54) is 13.3 Å². The van der Waals surface area contributed by atoms with E-state index >= 15 is 0 Å². The molecule has 13 heteroatoms. The standard InChI is InChI=1S/C43H47FN8O4/c1-24(2)37(51-43(55)56-3)42(54)52-19-5-7-34(52)39-46-22-32(49-39)27-12-8-25(9-13-27)26-10-14-28(15-11-26)33-23-47-40(50-33)35-29-16-17-30(20-29)36(35)41(53)48-21-31-6-4-18-45-38(31)44/h4,6,8-15,18,22-24,29-30,34-37H,5,7,16-17,19-21H2,1-3H3,(H,46,49)(H,47,50)(H,48,53)(H,51,55)/t29?,30?,34-,35+,36?,37-/m0/s1. The number of carbonyl (C=O) groups is 3. The Labute approximate surface area is 325 Å². The van der Waals surface area contributed by atoms with Crippen LogP contribution >= 0.6 is 0 Å². The normalized spacial score (nSPS) is 22.0. The number of aromatic nitrogens is 5. The highest BCUT2D eigenvalue weighted by atomic mass is 19.1. The molecule has 2 aromatic carbocycles. The minimum absolute atomic E-state index is 0.00264. The lowest BCUT2D eigenvalue weighted by Crippen LogP contribution is -2.51. The number of fused-ring (bicyclic) bond motifs is 2. The molecule has 0 radical (unpaired) electrons. The maximum atomic E-state index is 14.1. The van der Waals surface area contributed by atoms with Crippen LogP contribution in [0.15, 0.2) is 79.3 Å². The molecule has 5 aromatic rings. The van der Waals surface area contributed by atoms with Crippen molar-refractivity contribution in [1.82, 2.24) is 40.5 Å². The van der Waals surface area contributed by atoms with E-state index in [0.717, 1.165) is 77.4 Å². The molecule has 4 N–H and O–H groups in total. The van der Waals surface area contributed by atoms with Crippen LogP contribution < -0.4 is 10.6 Å². The third kappa shape index (κ3) is 7.29. The van der Waals surface area contributed by atoms with Gasteiger partial charge in [0.1, 0.15) is 17.7 Å². The Morgan fingerprint density at radius 2 is 1.48 bits per heavy atom. The molecule has 1 saturated heterocycles. The summed E-state index contributed by atoms with van der Waals surface area (Å²) in [4.78, 5) is 60.9. The van der Waals surface area contributed by atoms with Crippen molar-refractivity contribution in [2.75, 3.05) is 13.7 Å². The van der Waals surface area contributed by atoms with Gasteiger partial charge in [-0.1, -0.05) is 68.4 Å². The Bertz CT molecular complexity index is 2200. The zero-order valence-electron chi connectivity index (χ0n) is 31.8. The average molecular weight is 759 g/mol. The van der Waals surface area contributed by atoms with E-state index in [4.69, 9.17) is 9.72 Å². The summed E-state index contributed by atoms with van der Waals surface area (Å²) in [6.07, 6.45) is 9.19. The molecule has 2 bridgehead atoms. The average Bonchev–Trinajstić information content (AvgIpc) is 4.08. The Hall–Kier alpha value is -5.85. The highest BCUT2D eigenvalue weighted by molar-refractivity contribution is 5.86. The molecule has 4 heterocycles. The monoisotopic (exact) mass is 758 g/mol. The van der Waals surface area contributed by atoms with Crippen molar-refractivity contribution < 1.29 is 23.5 Å². The molecule has 1 aliphatic heterocycles. The van der Waals surface area contributed by atoms with Gasteiger partial charge in [0, 0.05) is 30.8 Å². The Kier molecular flexibility index (Phi) is 10.4. The van der Waals surface area contributed by atoms with E-state index in [1.807, 2.05) is 24.9 Å². The molecule has 3 aliphatic rings. The van der Waals surface area contributed by atoms with Gasteiger partial charge in [0.15, 0.2) is 0 Å². The number of H-pyrrole nitrogens is 2. The highest BCUT2D eigenvalue weighted by Gasteiger charge is 2.52. The number of benzene rings is 2. The number of pyridine rings is 1. The number of nitrogens with zero attached hydrogens (tertiary/aromatic N) is 4. The van der Waals surface area contributed by atoms with E-state index in [1.54, 1.807) is 18.3 Å². The molecule has 3 unspecified atom stereocenters. The molecule has 12 nitrogen and oxygen atoms in total. The maximum absolute atomic E-state index is 14.1. The number of aromatic amines is 2. The van der Waals surface area contributed by atoms with Crippen LogP contribution in [0.5, 0.6) is 0 Å². The second-order valence-corrected chi connectivity index (χ2v) is 15.6. The van der Waals surface area contributed by atoms with Gasteiger partial charge in [0.25, 0.3) is 0 Å². The van der Waals surface area contributed by atoms with Crippen LogP contribution in [0, 0.1) is 29.6 Å². The molecule has 2 aliphatic carbocycles. The SMILES string of the molecule is COC(=O)N[C@H](C(=O)N1CCC[C@H]1c1ncc(-c2ccc(-c3ccc(-c4cnc([C@@H]5C6CCC(C6)C5C(=O)NCc5cccnc5F)[nH]4)cc3)cc2)[nH]1)C(C)C. The van der Waals surface area contributed by atoms with E-state index in [9.17, 15) is 18.8 Å². The van der Waals surface area contributed by atoms with Gasteiger partial charge in [0.05, 0.1) is 42.9 Å². The first kappa shape index (κ1) is 37.1. The fourth-order valence-electron chi connectivity index (χ4n) is 9.10. The number of methoxy groups -OCH3 is 1. The van der Waals surface area contributed by atoms with Gasteiger partial charge in [-0.3, -0.25) is 9.59 Å². The highest BCUT2D eigenvalue weighted by Crippen LogP contribution is 2.56. The van der Waals surface area contributed by atoms with Gasteiger partial charge < -0.3 is 30.2 Å². The van der Waals surface area contributed by atoms with Crippen molar-refractivity contribution in [3.8, 4) is 33.6 Å². The molecule has 2 saturated carbocycles. The summed E-state index contributed by atoms with van der Waals surface area (Å²) >= 11 is 0. The molecular formula is C43H47FN8O4. The van der Waals surface area contributed by atoms with Crippen LogP contribution in [-0.4, -0.2) is 67.4 Å². The minimum atomic E-state index is -0.686. The van der Waals surface area contributed by atoms with E-state index < -0.39 is 18.1 Å². The fraction of sp³-hybridized carbons (Fsp3) is 0.395. The second-order valence-electron chi connectivity index (χ2n) is 15.6. The van der Waals surface area contributed by atoms with Crippen molar-refractivity contribution in [2.24, 2.45) is 23.7 Å². The first-order chi connectivity index (χ1) is 27.2. The van der Waals surface area contributed by atoms with Gasteiger partial charge >= 0.3 is 6.09 Å². The number of carbonyl (C=O) groups excluding carboxylic acids is 3. The number of imidazole rings is 2. The number of alkyl carbamates (subject to hydrolysis) is 1. The quantitative estimate of drug-likeness (QED) is 0.104. The molecule has 6 atom stereocenters. The first-order valence-electron chi connectivity index (χ1n) is 19.5.